The maximum atomic E-state index is 4.86. The number of hydrogen-bond donors (Lipinski definition) is 1. The molecule has 0 atom stereocenters. The summed E-state index contributed by atoms with van der Waals surface area (Å²) >= 11 is 1.66. The van der Waals surface area contributed by atoms with Crippen molar-refractivity contribution in [2.75, 3.05) is 23.4 Å². The highest BCUT2D eigenvalue weighted by molar-refractivity contribution is 7.17. The number of fused-ring (bicyclic) bond motifs is 2. The van der Waals surface area contributed by atoms with Crippen molar-refractivity contribution < 1.29 is 0 Å². The Morgan fingerprint density at radius 3 is 2.67 bits per heavy atom. The van der Waals surface area contributed by atoms with Gasteiger partial charge in [-0.3, -0.25) is 0 Å². The molecule has 4 heterocycles. The predicted octanol–water partition coefficient (Wildman–Crippen LogP) is 5.90. The molecule has 0 aliphatic carbocycles. The second-order valence-electron chi connectivity index (χ2n) is 8.36. The highest BCUT2D eigenvalue weighted by atomic mass is 32.1. The number of thiophene rings is 1. The van der Waals surface area contributed by atoms with Gasteiger partial charge >= 0.3 is 0 Å². The molecule has 33 heavy (non-hydrogen) atoms. The molecule has 5 aromatic rings. The molecule has 0 unspecified atom stereocenters. The molecule has 0 spiro atoms. The second-order valence-corrected chi connectivity index (χ2v) is 9.27. The molecule has 164 valence electrons. The molecule has 6 nitrogen and oxygen atoms in total. The fourth-order valence-electron chi connectivity index (χ4n) is 4.54. The number of nitrogens with zero attached hydrogens (tertiary/aromatic N) is 5. The third kappa shape index (κ3) is 3.74. The predicted molar refractivity (Wildman–Crippen MR) is 138 cm³/mol. The molecule has 0 amide bonds. The van der Waals surface area contributed by atoms with Gasteiger partial charge in [-0.25, -0.2) is 15.4 Å². The summed E-state index contributed by atoms with van der Waals surface area (Å²) in [6, 6.07) is 19.0. The van der Waals surface area contributed by atoms with Crippen LogP contribution >= 0.6 is 11.3 Å². The van der Waals surface area contributed by atoms with Crippen molar-refractivity contribution in [3.05, 3.63) is 71.7 Å². The first-order valence-corrected chi connectivity index (χ1v) is 12.1. The Bertz CT molecular complexity index is 1460. The zero-order chi connectivity index (χ0) is 22.2. The summed E-state index contributed by atoms with van der Waals surface area (Å²) in [5.41, 5.74) is 9.50. The number of anilines is 2. The molecule has 1 aliphatic rings. The minimum absolute atomic E-state index is 0.494. The number of hydrogen-bond acceptors (Lipinski definition) is 6. The highest BCUT2D eigenvalue weighted by Gasteiger charge is 2.16. The Morgan fingerprint density at radius 1 is 1.00 bits per heavy atom. The van der Waals surface area contributed by atoms with Crippen LogP contribution in [0.2, 0.25) is 0 Å². The SMILES string of the molecule is Cn1cc(-c2nc(N/N=C/c3ccc(N4CCCC4)cc3)nc3ccsc23)c2ccccc21. The first-order valence-electron chi connectivity index (χ1n) is 11.2. The van der Waals surface area contributed by atoms with E-state index in [2.05, 4.69) is 92.1 Å². The van der Waals surface area contributed by atoms with Crippen molar-refractivity contribution in [2.24, 2.45) is 12.1 Å². The van der Waals surface area contributed by atoms with Crippen LogP contribution in [0.1, 0.15) is 18.4 Å². The Balaban J connectivity index is 1.29. The maximum Gasteiger partial charge on any atom is 0.244 e. The molecule has 2 aromatic carbocycles. The summed E-state index contributed by atoms with van der Waals surface area (Å²) in [6.07, 6.45) is 6.51. The fraction of sp³-hybridized carbons (Fsp3) is 0.192. The topological polar surface area (TPSA) is 58.3 Å². The number of aromatic nitrogens is 3. The van der Waals surface area contributed by atoms with Crippen LogP contribution in [0.5, 0.6) is 0 Å². The van der Waals surface area contributed by atoms with Crippen LogP contribution in [0.25, 0.3) is 32.4 Å². The maximum absolute atomic E-state index is 4.86. The molecule has 1 fully saturated rings. The number of para-hydroxylation sites is 1. The van der Waals surface area contributed by atoms with E-state index in [0.29, 0.717) is 5.95 Å². The molecule has 1 aliphatic heterocycles. The fourth-order valence-corrected chi connectivity index (χ4v) is 5.37. The summed E-state index contributed by atoms with van der Waals surface area (Å²) < 4.78 is 3.22. The van der Waals surface area contributed by atoms with Crippen molar-refractivity contribution in [2.45, 2.75) is 12.8 Å². The minimum atomic E-state index is 0.494. The number of benzene rings is 2. The van der Waals surface area contributed by atoms with Gasteiger partial charge in [-0.05, 0) is 48.1 Å². The third-order valence-corrected chi connectivity index (χ3v) is 7.11. The lowest BCUT2D eigenvalue weighted by molar-refractivity contribution is 0.949. The van der Waals surface area contributed by atoms with E-state index in [0.717, 1.165) is 40.1 Å². The smallest absolute Gasteiger partial charge is 0.244 e. The quantitative estimate of drug-likeness (QED) is 0.267. The van der Waals surface area contributed by atoms with Crippen LogP contribution in [0.3, 0.4) is 0 Å². The van der Waals surface area contributed by atoms with Crippen LogP contribution in [0.15, 0.2) is 71.3 Å². The first kappa shape index (κ1) is 19.9. The molecular weight excluding hydrogens is 428 g/mol. The van der Waals surface area contributed by atoms with Crippen LogP contribution in [-0.2, 0) is 7.05 Å². The normalized spacial score (nSPS) is 14.2. The molecule has 1 saturated heterocycles. The molecule has 0 radical (unpaired) electrons. The van der Waals surface area contributed by atoms with E-state index in [9.17, 15) is 0 Å². The van der Waals surface area contributed by atoms with E-state index in [1.165, 1.54) is 29.4 Å². The minimum Gasteiger partial charge on any atom is -0.372 e. The standard InChI is InChI=1S/C26H24N6S/c1-31-17-21(20-6-2-3-7-23(20)31)24-25-22(12-15-33-25)28-26(29-24)30-27-16-18-8-10-19(11-9-18)32-13-4-5-14-32/h2-3,6-12,15-17H,4-5,13-14H2,1H3,(H,28,29,30)/b27-16+. The summed E-state index contributed by atoms with van der Waals surface area (Å²) in [7, 11) is 2.07. The Hall–Kier alpha value is -3.71. The van der Waals surface area contributed by atoms with E-state index in [1.54, 1.807) is 11.3 Å². The van der Waals surface area contributed by atoms with E-state index in [4.69, 9.17) is 4.98 Å². The number of rotatable bonds is 5. The first-order chi connectivity index (χ1) is 16.3. The number of hydrazone groups is 1. The third-order valence-electron chi connectivity index (χ3n) is 6.20. The lowest BCUT2D eigenvalue weighted by atomic mass is 10.1. The lowest BCUT2D eigenvalue weighted by Gasteiger charge is -2.17. The molecule has 1 N–H and O–H groups in total. The monoisotopic (exact) mass is 452 g/mol. The van der Waals surface area contributed by atoms with Crippen molar-refractivity contribution in [1.82, 2.24) is 14.5 Å². The lowest BCUT2D eigenvalue weighted by Crippen LogP contribution is -2.17. The zero-order valence-electron chi connectivity index (χ0n) is 18.4. The summed E-state index contributed by atoms with van der Waals surface area (Å²) in [5, 5.41) is 7.66. The second kappa shape index (κ2) is 8.33. The molecule has 7 heteroatoms. The van der Waals surface area contributed by atoms with E-state index in [1.807, 2.05) is 12.3 Å². The zero-order valence-corrected chi connectivity index (χ0v) is 19.2. The van der Waals surface area contributed by atoms with Gasteiger partial charge in [0.25, 0.3) is 0 Å². The van der Waals surface area contributed by atoms with Gasteiger partial charge in [0.2, 0.25) is 5.95 Å². The van der Waals surface area contributed by atoms with Gasteiger partial charge in [0.1, 0.15) is 0 Å². The van der Waals surface area contributed by atoms with Crippen LogP contribution < -0.4 is 10.3 Å². The van der Waals surface area contributed by atoms with E-state index < -0.39 is 0 Å². The van der Waals surface area contributed by atoms with E-state index in [-0.39, 0.29) is 0 Å². The molecule has 6 rings (SSSR count). The Morgan fingerprint density at radius 2 is 1.82 bits per heavy atom. The molecular formula is C26H24N6S. The van der Waals surface area contributed by atoms with Crippen LogP contribution in [0, 0.1) is 0 Å². The largest absolute Gasteiger partial charge is 0.372 e. The van der Waals surface area contributed by atoms with Crippen molar-refractivity contribution in [3.8, 4) is 11.3 Å². The summed E-state index contributed by atoms with van der Waals surface area (Å²) in [5.74, 6) is 0.494. The van der Waals surface area contributed by atoms with Gasteiger partial charge in [-0.2, -0.15) is 5.10 Å². The van der Waals surface area contributed by atoms with Gasteiger partial charge in [-0.1, -0.05) is 30.3 Å². The van der Waals surface area contributed by atoms with Crippen LogP contribution in [0.4, 0.5) is 11.6 Å². The van der Waals surface area contributed by atoms with Crippen molar-refractivity contribution in [1.29, 1.82) is 0 Å². The van der Waals surface area contributed by atoms with Gasteiger partial charge in [0.15, 0.2) is 0 Å². The van der Waals surface area contributed by atoms with E-state index >= 15 is 0 Å². The van der Waals surface area contributed by atoms with Gasteiger partial charge in [0, 0.05) is 48.5 Å². The van der Waals surface area contributed by atoms with Gasteiger partial charge < -0.3 is 9.47 Å². The molecule has 0 saturated carbocycles. The summed E-state index contributed by atoms with van der Waals surface area (Å²) in [6.45, 7) is 2.30. The van der Waals surface area contributed by atoms with Crippen molar-refractivity contribution >= 4 is 50.3 Å². The van der Waals surface area contributed by atoms with Gasteiger partial charge in [0.05, 0.1) is 22.1 Å². The molecule has 0 bridgehead atoms. The van der Waals surface area contributed by atoms with Crippen LogP contribution in [-0.4, -0.2) is 33.8 Å². The average molecular weight is 453 g/mol. The van der Waals surface area contributed by atoms with Crippen molar-refractivity contribution in [3.63, 3.8) is 0 Å². The Labute approximate surface area is 196 Å². The Kier molecular flexibility index (Phi) is 5.03. The van der Waals surface area contributed by atoms with Gasteiger partial charge in [-0.15, -0.1) is 11.3 Å². The molecule has 3 aromatic heterocycles. The number of nitrogens with one attached hydrogen (secondary N) is 1. The summed E-state index contributed by atoms with van der Waals surface area (Å²) in [4.78, 5) is 12.0. The number of aryl methyl sites for hydroxylation is 1. The average Bonchev–Trinajstić information content (AvgIpc) is 3.60. The highest BCUT2D eigenvalue weighted by Crippen LogP contribution is 2.36.